The van der Waals surface area contributed by atoms with Gasteiger partial charge < -0.3 is 25.3 Å². The molecule has 1 saturated carbocycles. The first-order chi connectivity index (χ1) is 15.7. The van der Waals surface area contributed by atoms with Gasteiger partial charge in [0, 0.05) is 70.3 Å². The molecule has 1 aromatic carbocycles. The predicted octanol–water partition coefficient (Wildman–Crippen LogP) is 2.17. The summed E-state index contributed by atoms with van der Waals surface area (Å²) in [6.07, 6.45) is 2.43. The van der Waals surface area contributed by atoms with Crippen LogP contribution in [0.2, 0.25) is 0 Å². The molecular formula is C25H37N5O3. The molecule has 2 saturated heterocycles. The normalized spacial score (nSPS) is 19.4. The Bertz CT molecular complexity index is 892. The van der Waals surface area contributed by atoms with Gasteiger partial charge in [0.15, 0.2) is 0 Å². The maximum Gasteiger partial charge on any atom is 0.254 e. The van der Waals surface area contributed by atoms with Crippen LogP contribution in [-0.4, -0.2) is 79.9 Å². The van der Waals surface area contributed by atoms with E-state index in [1.165, 1.54) is 0 Å². The number of hydrogen-bond acceptors (Lipinski definition) is 5. The maximum absolute atomic E-state index is 13.1. The molecule has 2 aliphatic heterocycles. The Kier molecular flexibility index (Phi) is 6.93. The zero-order valence-electron chi connectivity index (χ0n) is 20.2. The van der Waals surface area contributed by atoms with Crippen molar-refractivity contribution in [2.75, 3.05) is 62.6 Å². The molecule has 8 nitrogen and oxygen atoms in total. The number of nitrogens with one attached hydrogen (secondary N) is 2. The maximum atomic E-state index is 13.1. The van der Waals surface area contributed by atoms with E-state index in [2.05, 4.69) is 15.5 Å². The fourth-order valence-electron chi connectivity index (χ4n) is 4.53. The summed E-state index contributed by atoms with van der Waals surface area (Å²) in [6, 6.07) is 5.63. The summed E-state index contributed by atoms with van der Waals surface area (Å²) >= 11 is 0. The molecule has 1 aromatic rings. The molecule has 8 heteroatoms. The van der Waals surface area contributed by atoms with Crippen LogP contribution in [-0.2, 0) is 9.59 Å². The quantitative estimate of drug-likeness (QED) is 0.711. The highest BCUT2D eigenvalue weighted by Crippen LogP contribution is 2.33. The van der Waals surface area contributed by atoms with Crippen molar-refractivity contribution in [1.82, 2.24) is 15.1 Å². The van der Waals surface area contributed by atoms with Crippen LogP contribution in [0.15, 0.2) is 18.2 Å². The van der Waals surface area contributed by atoms with Gasteiger partial charge in [-0.1, -0.05) is 20.8 Å². The topological polar surface area (TPSA) is 85.0 Å². The lowest BCUT2D eigenvalue weighted by Crippen LogP contribution is -2.49. The van der Waals surface area contributed by atoms with Gasteiger partial charge in [-0.2, -0.15) is 0 Å². The van der Waals surface area contributed by atoms with Crippen LogP contribution in [0.5, 0.6) is 0 Å². The van der Waals surface area contributed by atoms with E-state index in [9.17, 15) is 14.4 Å². The third-order valence-electron chi connectivity index (χ3n) is 6.47. The second-order valence-corrected chi connectivity index (χ2v) is 10.6. The summed E-state index contributed by atoms with van der Waals surface area (Å²) < 4.78 is 0. The molecule has 3 fully saturated rings. The Hall–Kier alpha value is -2.61. The average Bonchev–Trinajstić information content (AvgIpc) is 3.63. The van der Waals surface area contributed by atoms with Crippen LogP contribution in [0.3, 0.4) is 0 Å². The number of piperazine rings is 2. The first-order valence-electron chi connectivity index (χ1n) is 12.2. The minimum atomic E-state index is -0.132. The van der Waals surface area contributed by atoms with Gasteiger partial charge in [-0.15, -0.1) is 0 Å². The lowest BCUT2D eigenvalue weighted by Gasteiger charge is -2.37. The average molecular weight is 456 g/mol. The molecule has 0 bridgehead atoms. The van der Waals surface area contributed by atoms with E-state index in [1.54, 1.807) is 0 Å². The molecule has 0 unspecified atom stereocenters. The third-order valence-corrected chi connectivity index (χ3v) is 6.47. The second kappa shape index (κ2) is 9.71. The highest BCUT2D eigenvalue weighted by Gasteiger charge is 2.35. The fourth-order valence-corrected chi connectivity index (χ4v) is 4.53. The number of anilines is 2. The fraction of sp³-hybridized carbons (Fsp3) is 0.640. The first kappa shape index (κ1) is 23.5. The van der Waals surface area contributed by atoms with Crippen molar-refractivity contribution in [2.45, 2.75) is 40.0 Å². The summed E-state index contributed by atoms with van der Waals surface area (Å²) in [7, 11) is 0. The van der Waals surface area contributed by atoms with Gasteiger partial charge in [-0.05, 0) is 36.5 Å². The number of nitrogens with zero attached hydrogens (tertiary/aromatic N) is 3. The molecule has 33 heavy (non-hydrogen) atoms. The van der Waals surface area contributed by atoms with Crippen LogP contribution in [0.25, 0.3) is 0 Å². The van der Waals surface area contributed by atoms with Gasteiger partial charge in [-0.25, -0.2) is 0 Å². The number of amides is 3. The molecule has 3 amide bonds. The Balaban J connectivity index is 1.52. The van der Waals surface area contributed by atoms with Crippen LogP contribution < -0.4 is 15.5 Å². The molecule has 0 atom stereocenters. The van der Waals surface area contributed by atoms with Crippen LogP contribution in [0, 0.1) is 11.3 Å². The van der Waals surface area contributed by atoms with E-state index in [1.807, 2.05) is 48.8 Å². The lowest BCUT2D eigenvalue weighted by molar-refractivity contribution is -0.132. The summed E-state index contributed by atoms with van der Waals surface area (Å²) in [5, 5.41) is 6.35. The van der Waals surface area contributed by atoms with E-state index in [0.717, 1.165) is 31.6 Å². The van der Waals surface area contributed by atoms with E-state index in [4.69, 9.17) is 0 Å². The Morgan fingerprint density at radius 3 is 2.24 bits per heavy atom. The van der Waals surface area contributed by atoms with Crippen molar-refractivity contribution < 1.29 is 14.4 Å². The smallest absolute Gasteiger partial charge is 0.254 e. The molecule has 4 rings (SSSR count). The zero-order valence-corrected chi connectivity index (χ0v) is 20.2. The number of hydrogen-bond donors (Lipinski definition) is 2. The van der Waals surface area contributed by atoms with Gasteiger partial charge >= 0.3 is 0 Å². The van der Waals surface area contributed by atoms with Crippen molar-refractivity contribution in [3.05, 3.63) is 23.8 Å². The molecule has 2 heterocycles. The first-order valence-corrected chi connectivity index (χ1v) is 12.2. The summed E-state index contributed by atoms with van der Waals surface area (Å²) in [6.45, 7) is 11.9. The lowest BCUT2D eigenvalue weighted by atomic mass is 9.92. The highest BCUT2D eigenvalue weighted by atomic mass is 16.2. The molecule has 1 aliphatic carbocycles. The SMILES string of the molecule is CC(C)(C)CC(=O)Nc1cc(C(=O)N2CCNCC2)ccc1N1CCN(C(=O)C2CC2)CC1. The largest absolute Gasteiger partial charge is 0.366 e. The van der Waals surface area contributed by atoms with Crippen molar-refractivity contribution in [3.63, 3.8) is 0 Å². The van der Waals surface area contributed by atoms with E-state index in [0.29, 0.717) is 56.9 Å². The molecule has 0 spiro atoms. The second-order valence-electron chi connectivity index (χ2n) is 10.6. The molecular weight excluding hydrogens is 418 g/mol. The zero-order chi connectivity index (χ0) is 23.6. The van der Waals surface area contributed by atoms with Gasteiger partial charge in [0.05, 0.1) is 11.4 Å². The summed E-state index contributed by atoms with van der Waals surface area (Å²) in [5.74, 6) is 0.455. The standard InChI is InChI=1S/C25H37N5O3/c1-25(2,3)17-22(31)27-20-16-19(24(33)29-10-8-26-9-11-29)6-7-21(20)28-12-14-30(15-13-28)23(32)18-4-5-18/h6-7,16,18,26H,4-5,8-15,17H2,1-3H3,(H,27,31). The highest BCUT2D eigenvalue weighted by molar-refractivity contribution is 6.00. The third kappa shape index (κ3) is 6.05. The molecule has 0 aromatic heterocycles. The van der Waals surface area contributed by atoms with E-state index >= 15 is 0 Å². The van der Waals surface area contributed by atoms with Crippen molar-refractivity contribution in [2.24, 2.45) is 11.3 Å². The van der Waals surface area contributed by atoms with Crippen molar-refractivity contribution >= 4 is 29.1 Å². The van der Waals surface area contributed by atoms with Crippen molar-refractivity contribution in [1.29, 1.82) is 0 Å². The Labute approximate surface area is 196 Å². The number of benzene rings is 1. The van der Waals surface area contributed by atoms with E-state index in [-0.39, 0.29) is 29.1 Å². The monoisotopic (exact) mass is 455 g/mol. The Morgan fingerprint density at radius 2 is 1.64 bits per heavy atom. The summed E-state index contributed by atoms with van der Waals surface area (Å²) in [4.78, 5) is 44.3. The van der Waals surface area contributed by atoms with Gasteiger partial charge in [-0.3, -0.25) is 14.4 Å². The molecule has 2 N–H and O–H groups in total. The minimum Gasteiger partial charge on any atom is -0.366 e. The van der Waals surface area contributed by atoms with Gasteiger partial charge in [0.25, 0.3) is 5.91 Å². The number of rotatable bonds is 5. The van der Waals surface area contributed by atoms with E-state index < -0.39 is 0 Å². The number of carbonyl (C=O) groups is 3. The Morgan fingerprint density at radius 1 is 0.970 bits per heavy atom. The molecule has 180 valence electrons. The van der Waals surface area contributed by atoms with Crippen LogP contribution in [0.1, 0.15) is 50.4 Å². The summed E-state index contributed by atoms with van der Waals surface area (Å²) in [5.41, 5.74) is 2.04. The van der Waals surface area contributed by atoms with Crippen LogP contribution in [0.4, 0.5) is 11.4 Å². The minimum absolute atomic E-state index is 0.00535. The van der Waals surface area contributed by atoms with Crippen molar-refractivity contribution in [3.8, 4) is 0 Å². The molecule has 0 radical (unpaired) electrons. The van der Waals surface area contributed by atoms with Gasteiger partial charge in [0.1, 0.15) is 0 Å². The van der Waals surface area contributed by atoms with Gasteiger partial charge in [0.2, 0.25) is 11.8 Å². The predicted molar refractivity (Wildman–Crippen MR) is 129 cm³/mol. The number of carbonyl (C=O) groups excluding carboxylic acids is 3. The molecule has 3 aliphatic rings. The van der Waals surface area contributed by atoms with Crippen LogP contribution >= 0.6 is 0 Å².